The normalized spacial score (nSPS) is 10.6. The molecule has 0 atom stereocenters. The number of hydrogen-bond donors (Lipinski definition) is 1. The van der Waals surface area contributed by atoms with Crippen molar-refractivity contribution in [3.8, 4) is 10.4 Å². The van der Waals surface area contributed by atoms with E-state index >= 15 is 0 Å². The lowest BCUT2D eigenvalue weighted by Crippen LogP contribution is -2.13. The summed E-state index contributed by atoms with van der Waals surface area (Å²) in [7, 11) is 1.74. The van der Waals surface area contributed by atoms with Crippen LogP contribution in [-0.4, -0.2) is 15.7 Å². The average Bonchev–Trinajstić information content (AvgIpc) is 3.10. The minimum absolute atomic E-state index is 0.0131. The number of amides is 1. The van der Waals surface area contributed by atoms with E-state index in [9.17, 15) is 9.18 Å². The van der Waals surface area contributed by atoms with E-state index in [1.54, 1.807) is 24.0 Å². The molecule has 0 spiro atoms. The molecule has 0 saturated heterocycles. The van der Waals surface area contributed by atoms with Gasteiger partial charge in [0.1, 0.15) is 5.82 Å². The molecule has 2 heterocycles. The molecule has 4 nitrogen and oxygen atoms in total. The van der Waals surface area contributed by atoms with Crippen molar-refractivity contribution in [3.05, 3.63) is 59.5 Å². The number of aromatic nitrogens is 2. The van der Waals surface area contributed by atoms with Crippen molar-refractivity contribution < 1.29 is 9.18 Å². The zero-order valence-corrected chi connectivity index (χ0v) is 12.0. The van der Waals surface area contributed by atoms with Crippen LogP contribution in [0.1, 0.15) is 10.4 Å². The number of nitrogens with zero attached hydrogens (tertiary/aromatic N) is 2. The van der Waals surface area contributed by atoms with Gasteiger partial charge in [0.05, 0.1) is 17.4 Å². The smallest absolute Gasteiger partial charge is 0.258 e. The molecule has 0 fully saturated rings. The second kappa shape index (κ2) is 5.49. The van der Waals surface area contributed by atoms with Gasteiger partial charge in [-0.1, -0.05) is 12.1 Å². The van der Waals surface area contributed by atoms with E-state index < -0.39 is 11.7 Å². The third-order valence-electron chi connectivity index (χ3n) is 2.98. The van der Waals surface area contributed by atoms with Crippen LogP contribution in [0.25, 0.3) is 10.4 Å². The molecule has 1 aromatic carbocycles. The van der Waals surface area contributed by atoms with E-state index in [0.29, 0.717) is 5.69 Å². The Kier molecular flexibility index (Phi) is 3.53. The van der Waals surface area contributed by atoms with Crippen molar-refractivity contribution in [3.63, 3.8) is 0 Å². The van der Waals surface area contributed by atoms with E-state index in [2.05, 4.69) is 10.4 Å². The maximum atomic E-state index is 14.1. The maximum Gasteiger partial charge on any atom is 0.258 e. The van der Waals surface area contributed by atoms with Crippen LogP contribution >= 0.6 is 11.3 Å². The van der Waals surface area contributed by atoms with Gasteiger partial charge in [0.25, 0.3) is 5.91 Å². The van der Waals surface area contributed by atoms with E-state index in [0.717, 1.165) is 10.4 Å². The summed E-state index contributed by atoms with van der Waals surface area (Å²) in [5.41, 5.74) is 1.31. The first-order valence-corrected chi connectivity index (χ1v) is 7.15. The number of nitrogens with one attached hydrogen (secondary N) is 1. The largest absolute Gasteiger partial charge is 0.319 e. The van der Waals surface area contributed by atoms with E-state index in [-0.39, 0.29) is 5.56 Å². The molecule has 21 heavy (non-hydrogen) atoms. The van der Waals surface area contributed by atoms with Gasteiger partial charge in [-0.15, -0.1) is 11.3 Å². The third kappa shape index (κ3) is 2.85. The second-order valence-electron chi connectivity index (χ2n) is 4.53. The molecule has 0 saturated carbocycles. The van der Waals surface area contributed by atoms with Crippen LogP contribution in [0.4, 0.5) is 10.1 Å². The Morgan fingerprint density at radius 1 is 1.38 bits per heavy atom. The topological polar surface area (TPSA) is 46.9 Å². The van der Waals surface area contributed by atoms with Crippen LogP contribution in [0, 0.1) is 5.82 Å². The van der Waals surface area contributed by atoms with Gasteiger partial charge in [0, 0.05) is 18.1 Å². The Morgan fingerprint density at radius 3 is 2.86 bits per heavy atom. The van der Waals surface area contributed by atoms with Gasteiger partial charge in [-0.05, 0) is 29.1 Å². The molecule has 0 unspecified atom stereocenters. The van der Waals surface area contributed by atoms with Crippen LogP contribution < -0.4 is 5.32 Å². The van der Waals surface area contributed by atoms with Crippen molar-refractivity contribution in [2.45, 2.75) is 0 Å². The fourth-order valence-corrected chi connectivity index (χ4v) is 2.70. The maximum absolute atomic E-state index is 14.1. The first-order valence-electron chi connectivity index (χ1n) is 6.27. The highest BCUT2D eigenvalue weighted by Gasteiger charge is 2.14. The first kappa shape index (κ1) is 13.5. The molecule has 0 aliphatic carbocycles. The number of thiophene rings is 1. The van der Waals surface area contributed by atoms with E-state index in [4.69, 9.17) is 0 Å². The molecular weight excluding hydrogens is 289 g/mol. The highest BCUT2D eigenvalue weighted by Crippen LogP contribution is 2.26. The summed E-state index contributed by atoms with van der Waals surface area (Å²) in [5.74, 6) is -1.03. The van der Waals surface area contributed by atoms with Gasteiger partial charge < -0.3 is 5.32 Å². The molecule has 2 aromatic heterocycles. The number of rotatable bonds is 3. The predicted molar refractivity (Wildman–Crippen MR) is 80.9 cm³/mol. The van der Waals surface area contributed by atoms with Crippen molar-refractivity contribution in [1.82, 2.24) is 9.78 Å². The molecule has 1 amide bonds. The Labute approximate surface area is 124 Å². The summed E-state index contributed by atoms with van der Waals surface area (Å²) < 4.78 is 15.7. The molecule has 3 rings (SSSR count). The first-order chi connectivity index (χ1) is 10.1. The van der Waals surface area contributed by atoms with Crippen LogP contribution in [0.15, 0.2) is 48.1 Å². The molecule has 0 aliphatic heterocycles. The number of anilines is 1. The van der Waals surface area contributed by atoms with Gasteiger partial charge in [0.2, 0.25) is 0 Å². The summed E-state index contributed by atoms with van der Waals surface area (Å²) in [6, 6.07) is 8.43. The van der Waals surface area contributed by atoms with Crippen molar-refractivity contribution in [2.75, 3.05) is 5.32 Å². The highest BCUT2D eigenvalue weighted by molar-refractivity contribution is 7.13. The number of carbonyl (C=O) groups is 1. The van der Waals surface area contributed by atoms with Crippen molar-refractivity contribution in [1.29, 1.82) is 0 Å². The summed E-state index contributed by atoms with van der Waals surface area (Å²) in [4.78, 5) is 13.0. The molecule has 6 heteroatoms. The van der Waals surface area contributed by atoms with Gasteiger partial charge >= 0.3 is 0 Å². The lowest BCUT2D eigenvalue weighted by atomic mass is 10.1. The molecule has 1 N–H and O–H groups in total. The van der Waals surface area contributed by atoms with E-state index in [1.165, 1.54) is 29.7 Å². The Bertz CT molecular complexity index is 780. The zero-order chi connectivity index (χ0) is 14.8. The zero-order valence-electron chi connectivity index (χ0n) is 11.2. The summed E-state index contributed by atoms with van der Waals surface area (Å²) in [6.45, 7) is 0. The number of carbonyl (C=O) groups excluding carboxylic acids is 1. The van der Waals surface area contributed by atoms with Crippen LogP contribution in [0.2, 0.25) is 0 Å². The molecule has 0 radical (unpaired) electrons. The predicted octanol–water partition coefficient (Wildman–Crippen LogP) is 3.54. The highest BCUT2D eigenvalue weighted by atomic mass is 32.1. The van der Waals surface area contributed by atoms with Crippen LogP contribution in [-0.2, 0) is 7.05 Å². The quantitative estimate of drug-likeness (QED) is 0.804. The summed E-state index contributed by atoms with van der Waals surface area (Å²) in [6.07, 6.45) is 3.16. The molecule has 0 bridgehead atoms. The summed E-state index contributed by atoms with van der Waals surface area (Å²) in [5, 5.41) is 8.48. The fourth-order valence-electron chi connectivity index (χ4n) is 1.98. The Hall–Kier alpha value is -2.47. The standard InChI is InChI=1S/C15H12FN3OS/c1-19-9-11(8-17-19)18-15(20)12-5-4-10(7-13(12)16)14-3-2-6-21-14/h2-9H,1H3,(H,18,20). The Morgan fingerprint density at radius 2 is 2.24 bits per heavy atom. The van der Waals surface area contributed by atoms with Gasteiger partial charge in [-0.2, -0.15) is 5.10 Å². The lowest BCUT2D eigenvalue weighted by molar-refractivity contribution is 0.102. The second-order valence-corrected chi connectivity index (χ2v) is 5.48. The lowest BCUT2D eigenvalue weighted by Gasteiger charge is -2.05. The number of hydrogen-bond acceptors (Lipinski definition) is 3. The molecular formula is C15H12FN3OS. The summed E-state index contributed by atoms with van der Waals surface area (Å²) >= 11 is 1.53. The monoisotopic (exact) mass is 301 g/mol. The van der Waals surface area contributed by atoms with Gasteiger partial charge in [-0.25, -0.2) is 4.39 Å². The minimum Gasteiger partial charge on any atom is -0.319 e. The third-order valence-corrected chi connectivity index (χ3v) is 3.90. The number of benzene rings is 1. The Balaban J connectivity index is 1.84. The SMILES string of the molecule is Cn1cc(NC(=O)c2ccc(-c3cccs3)cc2F)cn1. The van der Waals surface area contributed by atoms with Crippen molar-refractivity contribution >= 4 is 22.9 Å². The number of aryl methyl sites for hydroxylation is 1. The fraction of sp³-hybridized carbons (Fsp3) is 0.0667. The average molecular weight is 301 g/mol. The van der Waals surface area contributed by atoms with Crippen molar-refractivity contribution in [2.24, 2.45) is 7.05 Å². The van der Waals surface area contributed by atoms with E-state index in [1.807, 2.05) is 17.5 Å². The van der Waals surface area contributed by atoms with Gasteiger partial charge in [0.15, 0.2) is 0 Å². The van der Waals surface area contributed by atoms with Crippen LogP contribution in [0.3, 0.4) is 0 Å². The molecule has 106 valence electrons. The molecule has 0 aliphatic rings. The molecule has 3 aromatic rings. The van der Waals surface area contributed by atoms with Gasteiger partial charge in [-0.3, -0.25) is 9.48 Å². The van der Waals surface area contributed by atoms with Crippen LogP contribution in [0.5, 0.6) is 0 Å². The minimum atomic E-state index is -0.540. The number of halogens is 1.